The number of hydrogen-bond acceptors (Lipinski definition) is 4. The van der Waals surface area contributed by atoms with Gasteiger partial charge in [-0.3, -0.25) is 0 Å². The first-order valence-electron chi connectivity index (χ1n) is 7.05. The van der Waals surface area contributed by atoms with Gasteiger partial charge in [0.1, 0.15) is 6.10 Å². The molecule has 0 bridgehead atoms. The van der Waals surface area contributed by atoms with Gasteiger partial charge in [0.05, 0.1) is 10.4 Å². The van der Waals surface area contributed by atoms with E-state index in [2.05, 4.69) is 31.9 Å². The van der Waals surface area contributed by atoms with E-state index in [0.29, 0.717) is 17.1 Å². The Bertz CT molecular complexity index is 716. The molecule has 0 saturated heterocycles. The van der Waals surface area contributed by atoms with Crippen LogP contribution >= 0.6 is 31.9 Å². The average Bonchev–Trinajstić information content (AvgIpc) is 2.99. The molecule has 1 heterocycles. The predicted octanol–water partition coefficient (Wildman–Crippen LogP) is 4.86. The van der Waals surface area contributed by atoms with Crippen molar-refractivity contribution in [1.29, 1.82) is 0 Å². The molecule has 0 aliphatic carbocycles. The summed E-state index contributed by atoms with van der Waals surface area (Å²) in [6.45, 7) is 2.13. The maximum Gasteiger partial charge on any atom is 0.338 e. The summed E-state index contributed by atoms with van der Waals surface area (Å²) < 4.78 is 17.3. The first kappa shape index (κ1) is 16.3. The highest BCUT2D eigenvalue weighted by Gasteiger charge is 2.27. The van der Waals surface area contributed by atoms with Crippen LogP contribution in [0, 0.1) is 0 Å². The van der Waals surface area contributed by atoms with E-state index in [9.17, 15) is 4.79 Å². The Kier molecular flexibility index (Phi) is 4.92. The molecule has 120 valence electrons. The molecule has 2 aromatic carbocycles. The number of carbonyl (C=O) groups excluding carboxylic acids is 1. The van der Waals surface area contributed by atoms with Crippen molar-refractivity contribution >= 4 is 37.8 Å². The molecule has 1 aliphatic rings. The zero-order valence-corrected chi connectivity index (χ0v) is 15.5. The molecule has 23 heavy (non-hydrogen) atoms. The number of rotatable bonds is 4. The summed E-state index contributed by atoms with van der Waals surface area (Å²) in [5.41, 5.74) is 1.34. The van der Waals surface area contributed by atoms with Crippen molar-refractivity contribution in [3.05, 3.63) is 58.1 Å². The number of alkyl halides is 1. The van der Waals surface area contributed by atoms with Crippen LogP contribution in [0.2, 0.25) is 0 Å². The van der Waals surface area contributed by atoms with Crippen molar-refractivity contribution < 1.29 is 19.0 Å². The Morgan fingerprint density at radius 2 is 1.83 bits per heavy atom. The summed E-state index contributed by atoms with van der Waals surface area (Å²) in [5.74, 6) is 0.958. The highest BCUT2D eigenvalue weighted by Crippen LogP contribution is 2.41. The Balaban J connectivity index is 1.89. The van der Waals surface area contributed by atoms with Crippen molar-refractivity contribution in [2.75, 3.05) is 6.79 Å². The lowest BCUT2D eigenvalue weighted by Crippen LogP contribution is -2.18. The van der Waals surface area contributed by atoms with Gasteiger partial charge < -0.3 is 14.2 Å². The molecule has 0 radical (unpaired) electrons. The van der Waals surface area contributed by atoms with Crippen LogP contribution in [0.5, 0.6) is 11.5 Å². The Labute approximate surface area is 151 Å². The Hall–Kier alpha value is -1.53. The molecular formula is C17H14Br2O4. The van der Waals surface area contributed by atoms with Crippen LogP contribution in [0.4, 0.5) is 0 Å². The predicted molar refractivity (Wildman–Crippen MR) is 93.3 cm³/mol. The fourth-order valence-corrected chi connectivity index (χ4v) is 3.25. The van der Waals surface area contributed by atoms with Gasteiger partial charge in [-0.1, -0.05) is 50.1 Å². The van der Waals surface area contributed by atoms with Crippen molar-refractivity contribution in [1.82, 2.24) is 0 Å². The number of hydrogen-bond donors (Lipinski definition) is 0. The van der Waals surface area contributed by atoms with Crippen LogP contribution in [-0.2, 0) is 4.74 Å². The molecule has 0 N–H and O–H groups in total. The molecule has 2 aromatic rings. The van der Waals surface area contributed by atoms with Gasteiger partial charge in [-0.05, 0) is 31.2 Å². The van der Waals surface area contributed by atoms with Crippen molar-refractivity contribution in [2.24, 2.45) is 0 Å². The third-order valence-corrected chi connectivity index (χ3v) is 4.63. The molecule has 1 aliphatic heterocycles. The SMILES string of the molecule is C[C@H](Br)[C@H](OC(=O)c1ccccc1)c1cc2c(cc1Br)OCO2. The van der Waals surface area contributed by atoms with E-state index < -0.39 is 6.10 Å². The molecule has 0 spiro atoms. The fraction of sp³-hybridized carbons (Fsp3) is 0.235. The second kappa shape index (κ2) is 6.93. The molecule has 0 amide bonds. The monoisotopic (exact) mass is 440 g/mol. The van der Waals surface area contributed by atoms with E-state index >= 15 is 0 Å². The topological polar surface area (TPSA) is 44.8 Å². The third kappa shape index (κ3) is 3.53. The number of benzene rings is 2. The van der Waals surface area contributed by atoms with Gasteiger partial charge >= 0.3 is 5.97 Å². The second-order valence-corrected chi connectivity index (χ2v) is 7.40. The van der Waals surface area contributed by atoms with Gasteiger partial charge in [-0.2, -0.15) is 0 Å². The molecule has 0 fully saturated rings. The standard InChI is InChI=1S/C17H14Br2O4/c1-10(18)16(23-17(20)11-5-3-2-4-6-11)12-7-14-15(8-13(12)19)22-9-21-14/h2-8,10,16H,9H2,1H3/t10-,16-/m0/s1. The van der Waals surface area contributed by atoms with E-state index in [4.69, 9.17) is 14.2 Å². The van der Waals surface area contributed by atoms with Gasteiger partial charge in [-0.25, -0.2) is 4.79 Å². The normalized spacial score (nSPS) is 15.1. The summed E-state index contributed by atoms with van der Waals surface area (Å²) in [6, 6.07) is 12.6. The van der Waals surface area contributed by atoms with Crippen LogP contribution in [0.15, 0.2) is 46.9 Å². The van der Waals surface area contributed by atoms with Crippen LogP contribution in [-0.4, -0.2) is 17.6 Å². The summed E-state index contributed by atoms with van der Waals surface area (Å²) in [7, 11) is 0. The van der Waals surface area contributed by atoms with Crippen LogP contribution < -0.4 is 9.47 Å². The minimum absolute atomic E-state index is 0.0770. The first-order valence-corrected chi connectivity index (χ1v) is 8.76. The molecule has 0 aromatic heterocycles. The lowest BCUT2D eigenvalue weighted by Gasteiger charge is -2.22. The molecular weight excluding hydrogens is 428 g/mol. The number of ether oxygens (including phenoxy) is 3. The number of esters is 1. The van der Waals surface area contributed by atoms with Crippen molar-refractivity contribution in [2.45, 2.75) is 17.9 Å². The smallest absolute Gasteiger partial charge is 0.338 e. The van der Waals surface area contributed by atoms with Crippen molar-refractivity contribution in [3.8, 4) is 11.5 Å². The average molecular weight is 442 g/mol. The maximum atomic E-state index is 12.4. The van der Waals surface area contributed by atoms with Crippen LogP contribution in [0.1, 0.15) is 28.9 Å². The summed E-state index contributed by atoms with van der Waals surface area (Å²) in [6.07, 6.45) is -0.466. The highest BCUT2D eigenvalue weighted by molar-refractivity contribution is 9.10. The van der Waals surface area contributed by atoms with E-state index in [1.165, 1.54) is 0 Å². The first-order chi connectivity index (χ1) is 11.1. The summed E-state index contributed by atoms with van der Waals surface area (Å²) >= 11 is 7.04. The molecule has 4 nitrogen and oxygen atoms in total. The highest BCUT2D eigenvalue weighted by atomic mass is 79.9. The third-order valence-electron chi connectivity index (χ3n) is 3.46. The summed E-state index contributed by atoms with van der Waals surface area (Å²) in [5, 5.41) is 0. The fourth-order valence-electron chi connectivity index (χ4n) is 2.31. The van der Waals surface area contributed by atoms with E-state index in [1.54, 1.807) is 24.3 Å². The molecule has 6 heteroatoms. The second-order valence-electron chi connectivity index (χ2n) is 5.10. The number of fused-ring (bicyclic) bond motifs is 1. The molecule has 0 unspecified atom stereocenters. The molecule has 0 saturated carbocycles. The Morgan fingerprint density at radius 3 is 2.48 bits per heavy atom. The van der Waals surface area contributed by atoms with Crippen LogP contribution in [0.25, 0.3) is 0 Å². The number of halogens is 2. The minimum atomic E-state index is -0.466. The van der Waals surface area contributed by atoms with Crippen molar-refractivity contribution in [3.63, 3.8) is 0 Å². The van der Waals surface area contributed by atoms with Gasteiger partial charge in [-0.15, -0.1) is 0 Å². The largest absolute Gasteiger partial charge is 0.454 e. The number of carbonyl (C=O) groups is 1. The van der Waals surface area contributed by atoms with E-state index in [-0.39, 0.29) is 17.6 Å². The molecule has 2 atom stereocenters. The maximum absolute atomic E-state index is 12.4. The van der Waals surface area contributed by atoms with E-state index in [0.717, 1.165) is 10.0 Å². The van der Waals surface area contributed by atoms with Gasteiger partial charge in [0.15, 0.2) is 11.5 Å². The summed E-state index contributed by atoms with van der Waals surface area (Å²) in [4.78, 5) is 12.3. The zero-order chi connectivity index (χ0) is 16.4. The minimum Gasteiger partial charge on any atom is -0.454 e. The lowest BCUT2D eigenvalue weighted by molar-refractivity contribution is 0.0302. The van der Waals surface area contributed by atoms with Crippen LogP contribution in [0.3, 0.4) is 0 Å². The quantitative estimate of drug-likeness (QED) is 0.502. The van der Waals surface area contributed by atoms with E-state index in [1.807, 2.05) is 25.1 Å². The lowest BCUT2D eigenvalue weighted by atomic mass is 10.1. The van der Waals surface area contributed by atoms with Gasteiger partial charge in [0, 0.05) is 10.0 Å². The van der Waals surface area contributed by atoms with Gasteiger partial charge in [0.2, 0.25) is 6.79 Å². The van der Waals surface area contributed by atoms with Gasteiger partial charge in [0.25, 0.3) is 0 Å². The Morgan fingerprint density at radius 1 is 1.17 bits per heavy atom. The zero-order valence-electron chi connectivity index (χ0n) is 12.3. The molecule has 3 rings (SSSR count).